The van der Waals surface area contributed by atoms with Crippen LogP contribution in [0, 0.1) is 12.3 Å². The summed E-state index contributed by atoms with van der Waals surface area (Å²) in [6.07, 6.45) is 8.55. The molecule has 4 rings (SSSR count). The molecule has 0 aliphatic heterocycles. The van der Waals surface area contributed by atoms with Crippen molar-refractivity contribution in [3.05, 3.63) is 82.9 Å². The fourth-order valence-electron chi connectivity index (χ4n) is 2.82. The number of aromatic nitrogens is 3. The van der Waals surface area contributed by atoms with Crippen LogP contribution in [0.1, 0.15) is 5.56 Å². The number of nitrogens with zero attached hydrogens (tertiary/aromatic N) is 3. The van der Waals surface area contributed by atoms with E-state index >= 15 is 0 Å². The van der Waals surface area contributed by atoms with E-state index in [1.165, 1.54) is 6.20 Å². The van der Waals surface area contributed by atoms with Gasteiger partial charge >= 0.3 is 6.01 Å². The molecule has 0 saturated heterocycles. The molecular formula is C22H16N4O2. The number of benzene rings is 2. The number of pyridine rings is 1. The highest BCUT2D eigenvalue weighted by Gasteiger charge is 2.08. The fraction of sp³-hybridized carbons (Fsp3) is 0.0455. The van der Waals surface area contributed by atoms with Crippen molar-refractivity contribution in [3.8, 4) is 24.1 Å². The van der Waals surface area contributed by atoms with E-state index in [-0.39, 0.29) is 11.6 Å². The summed E-state index contributed by atoms with van der Waals surface area (Å²) >= 11 is 0. The summed E-state index contributed by atoms with van der Waals surface area (Å²) in [6.45, 7) is 0. The Kier molecular flexibility index (Phi) is 4.48. The minimum atomic E-state index is -0.271. The standard InChI is InChI=1S/C22H16N4O2/c1-3-15-5-4-6-17(13-15)26(2)16-7-9-18(10-8-16)28-22-24-20-14-23-12-11-19(20)21(27)25-22/h1,4-14H,2H3,(H,24,25,27). The Labute approximate surface area is 161 Å². The molecule has 1 N–H and O–H groups in total. The minimum Gasteiger partial charge on any atom is -0.426 e. The van der Waals surface area contributed by atoms with Crippen LogP contribution in [0.3, 0.4) is 0 Å². The molecule has 0 bridgehead atoms. The van der Waals surface area contributed by atoms with Gasteiger partial charge in [0.05, 0.1) is 17.1 Å². The number of anilines is 2. The molecule has 2 aromatic heterocycles. The minimum absolute atomic E-state index is 0.119. The summed E-state index contributed by atoms with van der Waals surface area (Å²) in [4.78, 5) is 25.0. The molecule has 4 aromatic rings. The highest BCUT2D eigenvalue weighted by Crippen LogP contribution is 2.27. The first-order valence-corrected chi connectivity index (χ1v) is 8.56. The van der Waals surface area contributed by atoms with Crippen LogP contribution in [0.15, 0.2) is 71.8 Å². The van der Waals surface area contributed by atoms with E-state index in [1.807, 2.05) is 60.5 Å². The van der Waals surface area contributed by atoms with Gasteiger partial charge in [-0.3, -0.25) is 14.8 Å². The van der Waals surface area contributed by atoms with Gasteiger partial charge in [-0.15, -0.1) is 6.42 Å². The number of ether oxygens (including phenoxy) is 1. The van der Waals surface area contributed by atoms with Crippen molar-refractivity contribution in [2.75, 3.05) is 11.9 Å². The summed E-state index contributed by atoms with van der Waals surface area (Å²) in [5.41, 5.74) is 2.98. The van der Waals surface area contributed by atoms with Crippen LogP contribution in [0.2, 0.25) is 0 Å². The van der Waals surface area contributed by atoms with Gasteiger partial charge < -0.3 is 9.64 Å². The van der Waals surface area contributed by atoms with Crippen LogP contribution in [0.5, 0.6) is 11.8 Å². The lowest BCUT2D eigenvalue weighted by atomic mass is 10.2. The Morgan fingerprint density at radius 3 is 2.71 bits per heavy atom. The lowest BCUT2D eigenvalue weighted by molar-refractivity contribution is 0.443. The van der Waals surface area contributed by atoms with Crippen LogP contribution < -0.4 is 15.2 Å². The SMILES string of the molecule is C#Cc1cccc(N(C)c2ccc(Oc3nc4cnccc4c(=O)[nH]3)cc2)c1. The van der Waals surface area contributed by atoms with Gasteiger partial charge in [-0.1, -0.05) is 12.0 Å². The second kappa shape index (κ2) is 7.25. The van der Waals surface area contributed by atoms with E-state index in [0.29, 0.717) is 16.7 Å². The highest BCUT2D eigenvalue weighted by atomic mass is 16.5. The first-order valence-electron chi connectivity index (χ1n) is 8.56. The molecule has 0 amide bonds. The molecule has 6 heteroatoms. The van der Waals surface area contributed by atoms with Crippen molar-refractivity contribution in [2.45, 2.75) is 0 Å². The quantitative estimate of drug-likeness (QED) is 0.554. The third-order valence-corrected chi connectivity index (χ3v) is 4.33. The van der Waals surface area contributed by atoms with Gasteiger partial charge in [-0.2, -0.15) is 4.98 Å². The Morgan fingerprint density at radius 2 is 1.93 bits per heavy atom. The zero-order valence-electron chi connectivity index (χ0n) is 15.1. The normalized spacial score (nSPS) is 10.4. The molecule has 28 heavy (non-hydrogen) atoms. The zero-order chi connectivity index (χ0) is 19.5. The summed E-state index contributed by atoms with van der Waals surface area (Å²) in [5.74, 6) is 3.20. The van der Waals surface area contributed by atoms with Crippen molar-refractivity contribution in [3.63, 3.8) is 0 Å². The molecule has 2 aromatic carbocycles. The van der Waals surface area contributed by atoms with Gasteiger partial charge in [0, 0.05) is 30.2 Å². The molecule has 0 spiro atoms. The molecule has 6 nitrogen and oxygen atoms in total. The Bertz CT molecular complexity index is 1240. The zero-order valence-corrected chi connectivity index (χ0v) is 15.1. The van der Waals surface area contributed by atoms with E-state index in [9.17, 15) is 4.79 Å². The number of hydrogen-bond acceptors (Lipinski definition) is 5. The molecule has 0 aliphatic rings. The molecular weight excluding hydrogens is 352 g/mol. The smallest absolute Gasteiger partial charge is 0.302 e. The molecule has 0 radical (unpaired) electrons. The average Bonchev–Trinajstić information content (AvgIpc) is 2.74. The van der Waals surface area contributed by atoms with Crippen LogP contribution in [0.25, 0.3) is 10.9 Å². The molecule has 0 aliphatic carbocycles. The van der Waals surface area contributed by atoms with Crippen LogP contribution >= 0.6 is 0 Å². The van der Waals surface area contributed by atoms with Gasteiger partial charge in [-0.05, 0) is 48.5 Å². The lowest BCUT2D eigenvalue weighted by Gasteiger charge is -2.20. The molecule has 0 fully saturated rings. The lowest BCUT2D eigenvalue weighted by Crippen LogP contribution is -2.10. The second-order valence-corrected chi connectivity index (χ2v) is 6.11. The largest absolute Gasteiger partial charge is 0.426 e. The number of H-pyrrole nitrogens is 1. The maximum Gasteiger partial charge on any atom is 0.302 e. The maximum atomic E-state index is 12.1. The van der Waals surface area contributed by atoms with Crippen molar-refractivity contribution in [1.82, 2.24) is 15.0 Å². The number of rotatable bonds is 4. The molecule has 0 saturated carbocycles. The summed E-state index contributed by atoms with van der Waals surface area (Å²) in [6, 6.07) is 16.9. The van der Waals surface area contributed by atoms with Crippen LogP contribution in [-0.4, -0.2) is 22.0 Å². The van der Waals surface area contributed by atoms with E-state index in [4.69, 9.17) is 11.2 Å². The van der Waals surface area contributed by atoms with E-state index in [2.05, 4.69) is 20.9 Å². The van der Waals surface area contributed by atoms with E-state index < -0.39 is 0 Å². The molecule has 0 atom stereocenters. The van der Waals surface area contributed by atoms with Crippen molar-refractivity contribution < 1.29 is 4.74 Å². The Balaban J connectivity index is 1.57. The predicted molar refractivity (Wildman–Crippen MR) is 109 cm³/mol. The third kappa shape index (κ3) is 3.41. The van der Waals surface area contributed by atoms with Gasteiger partial charge in [0.2, 0.25) is 0 Å². The molecule has 136 valence electrons. The second-order valence-electron chi connectivity index (χ2n) is 6.11. The number of fused-ring (bicyclic) bond motifs is 1. The van der Waals surface area contributed by atoms with Crippen LogP contribution in [-0.2, 0) is 0 Å². The fourth-order valence-corrected chi connectivity index (χ4v) is 2.82. The highest BCUT2D eigenvalue weighted by molar-refractivity contribution is 5.76. The first kappa shape index (κ1) is 17.3. The number of aromatic amines is 1. The molecule has 0 unspecified atom stereocenters. The maximum absolute atomic E-state index is 12.1. The Hall–Kier alpha value is -4.11. The van der Waals surface area contributed by atoms with Gasteiger partial charge in [0.15, 0.2) is 0 Å². The van der Waals surface area contributed by atoms with Gasteiger partial charge in [0.1, 0.15) is 5.75 Å². The van der Waals surface area contributed by atoms with Crippen molar-refractivity contribution >= 4 is 22.3 Å². The van der Waals surface area contributed by atoms with E-state index in [0.717, 1.165) is 16.9 Å². The number of terminal acetylenes is 1. The van der Waals surface area contributed by atoms with Crippen LogP contribution in [0.4, 0.5) is 11.4 Å². The summed E-state index contributed by atoms with van der Waals surface area (Å²) < 4.78 is 5.70. The summed E-state index contributed by atoms with van der Waals surface area (Å²) in [7, 11) is 1.96. The third-order valence-electron chi connectivity index (χ3n) is 4.33. The Morgan fingerprint density at radius 1 is 1.11 bits per heavy atom. The number of hydrogen-bond donors (Lipinski definition) is 1. The van der Waals surface area contributed by atoms with Crippen molar-refractivity contribution in [1.29, 1.82) is 0 Å². The first-order chi connectivity index (χ1) is 13.6. The van der Waals surface area contributed by atoms with Gasteiger partial charge in [0.25, 0.3) is 5.56 Å². The van der Waals surface area contributed by atoms with E-state index in [1.54, 1.807) is 12.3 Å². The van der Waals surface area contributed by atoms with Gasteiger partial charge in [-0.25, -0.2) is 0 Å². The molecule has 2 heterocycles. The predicted octanol–water partition coefficient (Wildman–Crippen LogP) is 3.86. The number of nitrogens with one attached hydrogen (secondary N) is 1. The topological polar surface area (TPSA) is 71.1 Å². The summed E-state index contributed by atoms with van der Waals surface area (Å²) in [5, 5.41) is 0.466. The van der Waals surface area contributed by atoms with Crippen molar-refractivity contribution in [2.24, 2.45) is 0 Å². The monoisotopic (exact) mass is 368 g/mol. The average molecular weight is 368 g/mol.